The number of carbonyl (C=O) groups excluding carboxylic acids is 1. The molecule has 0 radical (unpaired) electrons. The third-order valence-corrected chi connectivity index (χ3v) is 3.21. The summed E-state index contributed by atoms with van der Waals surface area (Å²) in [5, 5.41) is 3.02. The lowest BCUT2D eigenvalue weighted by atomic mass is 10.1. The monoisotopic (exact) mass is 297 g/mol. The molecule has 1 amide bonds. The summed E-state index contributed by atoms with van der Waals surface area (Å²) in [4.78, 5) is 11.5. The minimum atomic E-state index is 0.103. The van der Waals surface area contributed by atoms with Crippen LogP contribution in [0.3, 0.4) is 0 Å². The van der Waals surface area contributed by atoms with Gasteiger partial charge >= 0.3 is 0 Å². The molecule has 2 nitrogen and oxygen atoms in total. The summed E-state index contributed by atoms with van der Waals surface area (Å²) >= 11 is 3.39. The molecular formula is C14H20BrNO. The van der Waals surface area contributed by atoms with Crippen LogP contribution in [-0.2, 0) is 4.79 Å². The predicted octanol–water partition coefficient (Wildman–Crippen LogP) is 4.06. The van der Waals surface area contributed by atoms with Gasteiger partial charge in [-0.2, -0.15) is 0 Å². The van der Waals surface area contributed by atoms with Crippen molar-refractivity contribution in [3.8, 4) is 0 Å². The van der Waals surface area contributed by atoms with Crippen molar-refractivity contribution >= 4 is 21.8 Å². The molecule has 1 saturated carbocycles. The van der Waals surface area contributed by atoms with Crippen molar-refractivity contribution in [1.82, 2.24) is 5.32 Å². The Bertz CT molecular complexity index is 357. The summed E-state index contributed by atoms with van der Waals surface area (Å²) in [6.45, 7) is 6.02. The van der Waals surface area contributed by atoms with Crippen LogP contribution in [0, 0.1) is 5.92 Å². The fraction of sp³-hybridized carbons (Fsp3) is 0.500. The van der Waals surface area contributed by atoms with E-state index in [0.29, 0.717) is 0 Å². The van der Waals surface area contributed by atoms with Gasteiger partial charge in [0.05, 0.1) is 6.04 Å². The van der Waals surface area contributed by atoms with E-state index in [4.69, 9.17) is 0 Å². The second-order valence-corrected chi connectivity index (χ2v) is 4.97. The van der Waals surface area contributed by atoms with Gasteiger partial charge in [-0.3, -0.25) is 4.79 Å². The SMILES string of the molecule is CC.C[C@H](NC(=O)C1CC1)c1ccc(Br)cc1. The Kier molecular flexibility index (Phi) is 5.69. The molecule has 94 valence electrons. The van der Waals surface area contributed by atoms with Crippen molar-refractivity contribution in [3.05, 3.63) is 34.3 Å². The maximum absolute atomic E-state index is 11.5. The van der Waals surface area contributed by atoms with Gasteiger partial charge in [0, 0.05) is 10.4 Å². The quantitative estimate of drug-likeness (QED) is 0.895. The molecule has 0 unspecified atom stereocenters. The summed E-state index contributed by atoms with van der Waals surface area (Å²) in [7, 11) is 0. The Hall–Kier alpha value is -0.830. The number of hydrogen-bond donors (Lipinski definition) is 1. The van der Waals surface area contributed by atoms with Gasteiger partial charge in [0.1, 0.15) is 0 Å². The second kappa shape index (κ2) is 6.80. The Morgan fingerprint density at radius 1 is 1.29 bits per heavy atom. The number of carbonyl (C=O) groups is 1. The molecule has 2 rings (SSSR count). The smallest absolute Gasteiger partial charge is 0.223 e. The van der Waals surface area contributed by atoms with Crippen LogP contribution in [0.25, 0.3) is 0 Å². The maximum Gasteiger partial charge on any atom is 0.223 e. The van der Waals surface area contributed by atoms with E-state index in [9.17, 15) is 4.79 Å². The first kappa shape index (κ1) is 14.2. The Labute approximate surface area is 112 Å². The minimum absolute atomic E-state index is 0.103. The number of amides is 1. The Morgan fingerprint density at radius 2 is 1.82 bits per heavy atom. The van der Waals surface area contributed by atoms with Crippen molar-refractivity contribution in [2.45, 2.75) is 39.7 Å². The van der Waals surface area contributed by atoms with Gasteiger partial charge in [-0.05, 0) is 37.5 Å². The largest absolute Gasteiger partial charge is 0.349 e. The highest BCUT2D eigenvalue weighted by molar-refractivity contribution is 9.10. The summed E-state index contributed by atoms with van der Waals surface area (Å²) in [6, 6.07) is 8.15. The molecule has 1 N–H and O–H groups in total. The predicted molar refractivity (Wildman–Crippen MR) is 74.8 cm³/mol. The second-order valence-electron chi connectivity index (χ2n) is 4.06. The summed E-state index contributed by atoms with van der Waals surface area (Å²) < 4.78 is 1.06. The van der Waals surface area contributed by atoms with Gasteiger partial charge < -0.3 is 5.32 Å². The molecule has 0 aliphatic heterocycles. The maximum atomic E-state index is 11.5. The summed E-state index contributed by atoms with van der Waals surface area (Å²) in [6.07, 6.45) is 2.11. The molecule has 3 heteroatoms. The standard InChI is InChI=1S/C12H14BrNO.C2H6/c1-8(14-12(15)10-2-3-10)9-4-6-11(13)7-5-9;1-2/h4-8,10H,2-3H2,1H3,(H,14,15);1-2H3/t8-;/m0./s1. The van der Waals surface area contributed by atoms with E-state index in [2.05, 4.69) is 21.2 Å². The average molecular weight is 298 g/mol. The van der Waals surface area contributed by atoms with E-state index >= 15 is 0 Å². The van der Waals surface area contributed by atoms with E-state index in [-0.39, 0.29) is 17.9 Å². The Morgan fingerprint density at radius 3 is 2.29 bits per heavy atom. The molecule has 1 aromatic carbocycles. The third-order valence-electron chi connectivity index (χ3n) is 2.68. The van der Waals surface area contributed by atoms with Gasteiger partial charge in [0.15, 0.2) is 0 Å². The van der Waals surface area contributed by atoms with Crippen LogP contribution >= 0.6 is 15.9 Å². The number of halogens is 1. The lowest BCUT2D eigenvalue weighted by Crippen LogP contribution is -2.27. The molecule has 0 saturated heterocycles. The first-order valence-corrected chi connectivity index (χ1v) is 7.02. The first-order chi connectivity index (χ1) is 8.16. The van der Waals surface area contributed by atoms with Crippen LogP contribution < -0.4 is 5.32 Å². The number of hydrogen-bond acceptors (Lipinski definition) is 1. The molecule has 1 aliphatic rings. The van der Waals surface area contributed by atoms with Crippen LogP contribution in [0.2, 0.25) is 0 Å². The zero-order valence-corrected chi connectivity index (χ0v) is 12.3. The molecule has 1 aliphatic carbocycles. The third kappa shape index (κ3) is 4.50. The molecule has 0 spiro atoms. The van der Waals surface area contributed by atoms with Crippen LogP contribution in [0.1, 0.15) is 45.2 Å². The highest BCUT2D eigenvalue weighted by Gasteiger charge is 2.30. The van der Waals surface area contributed by atoms with Gasteiger partial charge in [-0.25, -0.2) is 0 Å². The van der Waals surface area contributed by atoms with Crippen LogP contribution in [-0.4, -0.2) is 5.91 Å². The van der Waals surface area contributed by atoms with Gasteiger partial charge in [-0.15, -0.1) is 0 Å². The highest BCUT2D eigenvalue weighted by atomic mass is 79.9. The molecule has 17 heavy (non-hydrogen) atoms. The van der Waals surface area contributed by atoms with E-state index in [1.807, 2.05) is 45.0 Å². The summed E-state index contributed by atoms with van der Waals surface area (Å²) in [5.41, 5.74) is 1.15. The van der Waals surface area contributed by atoms with Crippen molar-refractivity contribution in [2.24, 2.45) is 5.92 Å². The van der Waals surface area contributed by atoms with Gasteiger partial charge in [0.2, 0.25) is 5.91 Å². The highest BCUT2D eigenvalue weighted by Crippen LogP contribution is 2.29. The molecule has 0 bridgehead atoms. The van der Waals surface area contributed by atoms with Crippen LogP contribution in [0.5, 0.6) is 0 Å². The molecule has 1 fully saturated rings. The molecule has 0 heterocycles. The minimum Gasteiger partial charge on any atom is -0.349 e. The first-order valence-electron chi connectivity index (χ1n) is 6.22. The van der Waals surface area contributed by atoms with Crippen molar-refractivity contribution < 1.29 is 4.79 Å². The summed E-state index contributed by atoms with van der Waals surface area (Å²) in [5.74, 6) is 0.480. The molecule has 1 aromatic rings. The number of nitrogens with one attached hydrogen (secondary N) is 1. The van der Waals surface area contributed by atoms with E-state index in [1.165, 1.54) is 0 Å². The molecular weight excluding hydrogens is 278 g/mol. The Balaban J connectivity index is 0.000000686. The van der Waals surface area contributed by atoms with E-state index in [1.54, 1.807) is 0 Å². The van der Waals surface area contributed by atoms with Crippen molar-refractivity contribution in [3.63, 3.8) is 0 Å². The molecule has 1 atom stereocenters. The van der Waals surface area contributed by atoms with Gasteiger partial charge in [-0.1, -0.05) is 41.9 Å². The van der Waals surface area contributed by atoms with Crippen LogP contribution in [0.15, 0.2) is 28.7 Å². The number of benzene rings is 1. The zero-order valence-electron chi connectivity index (χ0n) is 10.7. The fourth-order valence-electron chi connectivity index (χ4n) is 1.51. The lowest BCUT2D eigenvalue weighted by Gasteiger charge is -2.14. The fourth-order valence-corrected chi connectivity index (χ4v) is 1.78. The average Bonchev–Trinajstić information content (AvgIpc) is 3.16. The van der Waals surface area contributed by atoms with Crippen molar-refractivity contribution in [2.75, 3.05) is 0 Å². The number of rotatable bonds is 3. The zero-order chi connectivity index (χ0) is 12.8. The topological polar surface area (TPSA) is 29.1 Å². The molecule has 0 aromatic heterocycles. The lowest BCUT2D eigenvalue weighted by molar-refractivity contribution is -0.122. The van der Waals surface area contributed by atoms with E-state index in [0.717, 1.165) is 22.9 Å². The van der Waals surface area contributed by atoms with E-state index < -0.39 is 0 Å². The normalized spacial score (nSPS) is 15.5. The van der Waals surface area contributed by atoms with Crippen molar-refractivity contribution in [1.29, 1.82) is 0 Å². The van der Waals surface area contributed by atoms with Crippen LogP contribution in [0.4, 0.5) is 0 Å². The van der Waals surface area contributed by atoms with Gasteiger partial charge in [0.25, 0.3) is 0 Å².